The summed E-state index contributed by atoms with van der Waals surface area (Å²) in [6.07, 6.45) is 1.67. The predicted octanol–water partition coefficient (Wildman–Crippen LogP) is 4.56. The number of benzene rings is 2. The van der Waals surface area contributed by atoms with Crippen molar-refractivity contribution in [1.29, 1.82) is 0 Å². The van der Waals surface area contributed by atoms with Gasteiger partial charge < -0.3 is 19.9 Å². The van der Waals surface area contributed by atoms with E-state index in [9.17, 15) is 4.79 Å². The van der Waals surface area contributed by atoms with E-state index in [2.05, 4.69) is 15.2 Å². The molecule has 0 saturated carbocycles. The van der Waals surface area contributed by atoms with Crippen molar-refractivity contribution in [2.24, 2.45) is 0 Å². The van der Waals surface area contributed by atoms with Crippen LogP contribution in [0, 0.1) is 0 Å². The maximum Gasteiger partial charge on any atom is 0.255 e. The van der Waals surface area contributed by atoms with E-state index >= 15 is 0 Å². The van der Waals surface area contributed by atoms with Gasteiger partial charge in [-0.25, -0.2) is 4.98 Å². The van der Waals surface area contributed by atoms with Crippen molar-refractivity contribution in [3.63, 3.8) is 0 Å². The second-order valence-electron chi connectivity index (χ2n) is 7.59. The van der Waals surface area contributed by atoms with Crippen LogP contribution in [0.3, 0.4) is 0 Å². The van der Waals surface area contributed by atoms with Crippen LogP contribution in [0.15, 0.2) is 60.8 Å². The number of aromatic nitrogens is 1. The number of rotatable bonds is 5. The number of nitrogens with zero attached hydrogens (tertiary/aromatic N) is 3. The van der Waals surface area contributed by atoms with E-state index in [1.807, 2.05) is 61.5 Å². The Morgan fingerprint density at radius 1 is 1.06 bits per heavy atom. The van der Waals surface area contributed by atoms with Crippen LogP contribution in [0.25, 0.3) is 11.1 Å². The Morgan fingerprint density at radius 3 is 2.52 bits per heavy atom. The van der Waals surface area contributed by atoms with Crippen molar-refractivity contribution in [2.75, 3.05) is 55.5 Å². The van der Waals surface area contributed by atoms with Crippen LogP contribution in [0.1, 0.15) is 10.4 Å². The van der Waals surface area contributed by atoms with Gasteiger partial charge in [-0.3, -0.25) is 4.79 Å². The van der Waals surface area contributed by atoms with Gasteiger partial charge in [-0.2, -0.15) is 0 Å². The summed E-state index contributed by atoms with van der Waals surface area (Å²) in [5, 5.41) is 3.61. The lowest BCUT2D eigenvalue weighted by molar-refractivity contribution is 0.102. The summed E-state index contributed by atoms with van der Waals surface area (Å²) in [4.78, 5) is 21.5. The molecule has 1 aromatic heterocycles. The molecule has 2 heterocycles. The standard InChI is InChI=1S/C24H25ClN4O2/c1-28(2)20-6-3-17(4-7-20)21-16-19(5-8-22(21)25)27-24(30)18-9-10-26-23(15-18)29-11-13-31-14-12-29/h3-10,15-16H,11-14H2,1-2H3,(H,27,30). The van der Waals surface area contributed by atoms with Gasteiger partial charge in [0.1, 0.15) is 5.82 Å². The molecular formula is C24H25ClN4O2. The molecule has 31 heavy (non-hydrogen) atoms. The first-order valence-corrected chi connectivity index (χ1v) is 10.6. The SMILES string of the molecule is CN(C)c1ccc(-c2cc(NC(=O)c3ccnc(N4CCOCC4)c3)ccc2Cl)cc1. The number of carbonyl (C=O) groups excluding carboxylic acids is 1. The van der Waals surface area contributed by atoms with Crippen LogP contribution in [-0.4, -0.2) is 51.3 Å². The Kier molecular flexibility index (Phi) is 6.39. The molecule has 2 aromatic carbocycles. The first-order valence-electron chi connectivity index (χ1n) is 10.2. The zero-order valence-corrected chi connectivity index (χ0v) is 18.4. The zero-order valence-electron chi connectivity index (χ0n) is 17.6. The van der Waals surface area contributed by atoms with Crippen LogP contribution in [0.4, 0.5) is 17.2 Å². The number of morpholine rings is 1. The highest BCUT2D eigenvalue weighted by Crippen LogP contribution is 2.32. The van der Waals surface area contributed by atoms with E-state index in [0.29, 0.717) is 29.5 Å². The van der Waals surface area contributed by atoms with Crippen LogP contribution in [0.2, 0.25) is 5.02 Å². The monoisotopic (exact) mass is 436 g/mol. The van der Waals surface area contributed by atoms with Gasteiger partial charge in [0.15, 0.2) is 0 Å². The highest BCUT2D eigenvalue weighted by molar-refractivity contribution is 6.33. The molecule has 0 unspecified atom stereocenters. The predicted molar refractivity (Wildman–Crippen MR) is 126 cm³/mol. The van der Waals surface area contributed by atoms with Gasteiger partial charge >= 0.3 is 0 Å². The van der Waals surface area contributed by atoms with Gasteiger partial charge in [-0.1, -0.05) is 23.7 Å². The van der Waals surface area contributed by atoms with E-state index < -0.39 is 0 Å². The van der Waals surface area contributed by atoms with Gasteiger partial charge in [-0.05, 0) is 48.0 Å². The normalized spacial score (nSPS) is 13.7. The van der Waals surface area contributed by atoms with Crippen LogP contribution in [0.5, 0.6) is 0 Å². The number of nitrogens with one attached hydrogen (secondary N) is 1. The first kappa shape index (κ1) is 21.2. The third-order valence-electron chi connectivity index (χ3n) is 5.26. The molecule has 160 valence electrons. The molecule has 0 radical (unpaired) electrons. The number of anilines is 3. The summed E-state index contributed by atoms with van der Waals surface area (Å²) in [6, 6.07) is 17.2. The molecular weight excluding hydrogens is 412 g/mol. The molecule has 0 aliphatic carbocycles. The van der Waals surface area contributed by atoms with E-state index in [1.165, 1.54) is 0 Å². The molecule has 0 atom stereocenters. The summed E-state index contributed by atoms with van der Waals surface area (Å²) < 4.78 is 5.39. The van der Waals surface area contributed by atoms with Crippen molar-refractivity contribution in [3.05, 3.63) is 71.4 Å². The maximum absolute atomic E-state index is 12.9. The highest BCUT2D eigenvalue weighted by atomic mass is 35.5. The summed E-state index contributed by atoms with van der Waals surface area (Å²) in [6.45, 7) is 2.87. The molecule has 1 fully saturated rings. The summed E-state index contributed by atoms with van der Waals surface area (Å²) >= 11 is 6.45. The average molecular weight is 437 g/mol. The smallest absolute Gasteiger partial charge is 0.255 e. The van der Waals surface area contributed by atoms with E-state index in [-0.39, 0.29) is 5.91 Å². The third kappa shape index (κ3) is 4.98. The van der Waals surface area contributed by atoms with Crippen LogP contribution < -0.4 is 15.1 Å². The van der Waals surface area contributed by atoms with E-state index in [1.54, 1.807) is 18.3 Å². The molecule has 1 aliphatic rings. The van der Waals surface area contributed by atoms with Gasteiger partial charge in [0.25, 0.3) is 5.91 Å². The van der Waals surface area contributed by atoms with Gasteiger partial charge in [-0.15, -0.1) is 0 Å². The number of halogens is 1. The molecule has 7 heteroatoms. The largest absolute Gasteiger partial charge is 0.378 e. The van der Waals surface area contributed by atoms with Crippen LogP contribution in [-0.2, 0) is 4.74 Å². The minimum Gasteiger partial charge on any atom is -0.378 e. The molecule has 0 bridgehead atoms. The Labute approximate surface area is 187 Å². The summed E-state index contributed by atoms with van der Waals surface area (Å²) in [7, 11) is 4.00. The lowest BCUT2D eigenvalue weighted by Gasteiger charge is -2.27. The molecule has 1 N–H and O–H groups in total. The van der Waals surface area contributed by atoms with Crippen LogP contribution >= 0.6 is 11.6 Å². The van der Waals surface area contributed by atoms with Gasteiger partial charge in [0, 0.05) is 60.9 Å². The summed E-state index contributed by atoms with van der Waals surface area (Å²) in [5.41, 5.74) is 4.21. The minimum absolute atomic E-state index is 0.187. The fraction of sp³-hybridized carbons (Fsp3) is 0.250. The molecule has 6 nitrogen and oxygen atoms in total. The lowest BCUT2D eigenvalue weighted by atomic mass is 10.0. The average Bonchev–Trinajstić information content (AvgIpc) is 2.81. The van der Waals surface area contributed by atoms with Crippen molar-refractivity contribution in [3.8, 4) is 11.1 Å². The Bertz CT molecular complexity index is 1060. The van der Waals surface area contributed by atoms with E-state index in [0.717, 1.165) is 35.7 Å². The van der Waals surface area contributed by atoms with Gasteiger partial charge in [0.2, 0.25) is 0 Å². The van der Waals surface area contributed by atoms with Crippen molar-refractivity contribution < 1.29 is 9.53 Å². The van der Waals surface area contributed by atoms with Gasteiger partial charge in [0.05, 0.1) is 13.2 Å². The first-order chi connectivity index (χ1) is 15.0. The highest BCUT2D eigenvalue weighted by Gasteiger charge is 2.15. The minimum atomic E-state index is -0.187. The maximum atomic E-state index is 12.9. The zero-order chi connectivity index (χ0) is 21.8. The Hall–Kier alpha value is -3.09. The van der Waals surface area contributed by atoms with Crippen molar-refractivity contribution in [2.45, 2.75) is 0 Å². The quantitative estimate of drug-likeness (QED) is 0.635. The molecule has 3 aromatic rings. The van der Waals surface area contributed by atoms with Crippen molar-refractivity contribution >= 4 is 34.7 Å². The number of hydrogen-bond acceptors (Lipinski definition) is 5. The Morgan fingerprint density at radius 2 is 1.81 bits per heavy atom. The molecule has 4 rings (SSSR count). The number of pyridine rings is 1. The molecule has 1 aliphatic heterocycles. The lowest BCUT2D eigenvalue weighted by Crippen LogP contribution is -2.36. The number of hydrogen-bond donors (Lipinski definition) is 1. The second kappa shape index (κ2) is 9.37. The number of ether oxygens (including phenoxy) is 1. The second-order valence-corrected chi connectivity index (χ2v) is 8.00. The molecule has 0 spiro atoms. The molecule has 1 saturated heterocycles. The third-order valence-corrected chi connectivity index (χ3v) is 5.59. The fourth-order valence-corrected chi connectivity index (χ4v) is 3.72. The number of amides is 1. The van der Waals surface area contributed by atoms with E-state index in [4.69, 9.17) is 16.3 Å². The van der Waals surface area contributed by atoms with Crippen molar-refractivity contribution in [1.82, 2.24) is 4.98 Å². The topological polar surface area (TPSA) is 57.7 Å². The number of carbonyl (C=O) groups is 1. The molecule has 1 amide bonds. The Balaban J connectivity index is 1.53. The fourth-order valence-electron chi connectivity index (χ4n) is 3.49. The summed E-state index contributed by atoms with van der Waals surface area (Å²) in [5.74, 6) is 0.599.